The van der Waals surface area contributed by atoms with Crippen LogP contribution >= 0.6 is 0 Å². The van der Waals surface area contributed by atoms with Crippen LogP contribution in [0.2, 0.25) is 0 Å². The second-order valence-electron chi connectivity index (χ2n) is 9.72. The van der Waals surface area contributed by atoms with Crippen molar-refractivity contribution >= 4 is 6.09 Å². The molecule has 1 amide bonds. The number of nitrogens with one attached hydrogen (secondary N) is 1. The first-order chi connectivity index (χ1) is 13.3. The van der Waals surface area contributed by atoms with Crippen molar-refractivity contribution in [3.63, 3.8) is 0 Å². The summed E-state index contributed by atoms with van der Waals surface area (Å²) in [5.74, 6) is 0.614. The molecule has 0 bridgehead atoms. The molecule has 1 saturated carbocycles. The van der Waals surface area contributed by atoms with Gasteiger partial charge in [-0.1, -0.05) is 6.07 Å². The van der Waals surface area contributed by atoms with Gasteiger partial charge < -0.3 is 15.0 Å². The molecule has 2 fully saturated rings. The summed E-state index contributed by atoms with van der Waals surface area (Å²) < 4.78 is 5.48. The van der Waals surface area contributed by atoms with Gasteiger partial charge in [-0.25, -0.2) is 4.79 Å². The zero-order valence-corrected chi connectivity index (χ0v) is 17.3. The molecule has 2 atom stereocenters. The highest BCUT2D eigenvalue weighted by molar-refractivity contribution is 5.68. The summed E-state index contributed by atoms with van der Waals surface area (Å²) in [7, 11) is 0. The lowest BCUT2D eigenvalue weighted by molar-refractivity contribution is 0.0184. The number of rotatable bonds is 3. The van der Waals surface area contributed by atoms with Gasteiger partial charge in [0.15, 0.2) is 0 Å². The van der Waals surface area contributed by atoms with E-state index in [2.05, 4.69) is 23.5 Å². The normalized spacial score (nSPS) is 26.8. The quantitative estimate of drug-likeness (QED) is 0.866. The van der Waals surface area contributed by atoms with Crippen molar-refractivity contribution in [3.8, 4) is 6.07 Å². The second kappa shape index (κ2) is 7.08. The van der Waals surface area contributed by atoms with Gasteiger partial charge in [0, 0.05) is 24.5 Å². The first-order valence-corrected chi connectivity index (χ1v) is 10.6. The smallest absolute Gasteiger partial charge is 0.410 e. The maximum absolute atomic E-state index is 12.2. The number of carbonyl (C=O) groups is 1. The van der Waals surface area contributed by atoms with E-state index in [4.69, 9.17) is 4.74 Å². The van der Waals surface area contributed by atoms with E-state index < -0.39 is 5.60 Å². The predicted octanol–water partition coefficient (Wildman–Crippen LogP) is 3.75. The number of carbonyl (C=O) groups excluding carboxylic acids is 1. The van der Waals surface area contributed by atoms with Crippen LogP contribution in [0.15, 0.2) is 18.2 Å². The largest absolute Gasteiger partial charge is 0.444 e. The minimum absolute atomic E-state index is 0.184. The van der Waals surface area contributed by atoms with E-state index in [-0.39, 0.29) is 11.5 Å². The Morgan fingerprint density at radius 2 is 2.11 bits per heavy atom. The Labute approximate surface area is 168 Å². The number of piperidine rings is 1. The number of benzene rings is 1. The molecule has 4 rings (SSSR count). The molecule has 1 spiro atoms. The number of nitriles is 1. The van der Waals surface area contributed by atoms with Gasteiger partial charge in [-0.15, -0.1) is 0 Å². The number of hydrogen-bond acceptors (Lipinski definition) is 4. The van der Waals surface area contributed by atoms with E-state index in [1.54, 1.807) is 0 Å². The zero-order chi connectivity index (χ0) is 19.9. The first-order valence-electron chi connectivity index (χ1n) is 10.6. The fourth-order valence-corrected chi connectivity index (χ4v) is 4.92. The van der Waals surface area contributed by atoms with Gasteiger partial charge >= 0.3 is 6.09 Å². The molecule has 1 aromatic carbocycles. The van der Waals surface area contributed by atoms with Crippen molar-refractivity contribution in [1.29, 1.82) is 5.26 Å². The minimum Gasteiger partial charge on any atom is -0.444 e. The molecule has 3 aliphatic rings. The number of aryl methyl sites for hydroxylation is 1. The average molecular weight is 382 g/mol. The van der Waals surface area contributed by atoms with E-state index in [1.165, 1.54) is 24.0 Å². The average Bonchev–Trinajstić information content (AvgIpc) is 3.25. The van der Waals surface area contributed by atoms with E-state index in [9.17, 15) is 10.1 Å². The number of nitrogens with zero attached hydrogens (tertiary/aromatic N) is 2. The van der Waals surface area contributed by atoms with Gasteiger partial charge in [-0.3, -0.25) is 0 Å². The van der Waals surface area contributed by atoms with Crippen LogP contribution in [0.4, 0.5) is 4.79 Å². The standard InChI is InChI=1S/C23H31N3O2/c1-22(2,3)28-21(27)26-10-7-16(8-11-26)15-25-20-13-23(20)9-6-18-5-4-17(14-24)12-19(18)23/h4-5,12,16,20,25H,6-11,13,15H2,1-3H3. The van der Waals surface area contributed by atoms with Crippen molar-refractivity contribution in [2.45, 2.75) is 69.9 Å². The van der Waals surface area contributed by atoms with Gasteiger partial charge in [-0.05, 0) is 88.6 Å². The Kier molecular flexibility index (Phi) is 4.87. The highest BCUT2D eigenvalue weighted by Gasteiger charge is 2.57. The van der Waals surface area contributed by atoms with Gasteiger partial charge in [-0.2, -0.15) is 5.26 Å². The molecule has 1 aromatic rings. The Balaban J connectivity index is 1.26. The summed E-state index contributed by atoms with van der Waals surface area (Å²) in [5.41, 5.74) is 3.44. The molecular weight excluding hydrogens is 350 g/mol. The van der Waals surface area contributed by atoms with Crippen molar-refractivity contribution in [2.75, 3.05) is 19.6 Å². The van der Waals surface area contributed by atoms with Gasteiger partial charge in [0.25, 0.3) is 0 Å². The second-order valence-corrected chi connectivity index (χ2v) is 9.72. The van der Waals surface area contributed by atoms with E-state index in [0.29, 0.717) is 12.0 Å². The maximum Gasteiger partial charge on any atom is 0.410 e. The number of likely N-dealkylation sites (tertiary alicyclic amines) is 1. The number of ether oxygens (including phenoxy) is 1. The number of hydrogen-bond donors (Lipinski definition) is 1. The molecular formula is C23H31N3O2. The molecule has 5 heteroatoms. The third-order valence-electron chi connectivity index (χ3n) is 6.61. The Hall–Kier alpha value is -2.06. The van der Waals surface area contributed by atoms with Crippen LogP contribution in [0.1, 0.15) is 63.1 Å². The molecule has 2 aliphatic carbocycles. The SMILES string of the molecule is CC(C)(C)OC(=O)N1CCC(CNC2CC23CCc2ccc(C#N)cc23)CC1. The van der Waals surface area contributed by atoms with Crippen molar-refractivity contribution in [1.82, 2.24) is 10.2 Å². The lowest BCUT2D eigenvalue weighted by Crippen LogP contribution is -2.43. The lowest BCUT2D eigenvalue weighted by Gasteiger charge is -2.33. The number of amides is 1. The van der Waals surface area contributed by atoms with E-state index in [1.807, 2.05) is 31.7 Å². The van der Waals surface area contributed by atoms with E-state index in [0.717, 1.165) is 44.5 Å². The Morgan fingerprint density at radius 3 is 2.79 bits per heavy atom. The van der Waals surface area contributed by atoms with Crippen LogP contribution in [0.3, 0.4) is 0 Å². The van der Waals surface area contributed by atoms with Crippen LogP contribution < -0.4 is 5.32 Å². The molecule has 1 N–H and O–H groups in total. The zero-order valence-electron chi connectivity index (χ0n) is 17.3. The van der Waals surface area contributed by atoms with E-state index >= 15 is 0 Å². The third-order valence-corrected chi connectivity index (χ3v) is 6.61. The number of fused-ring (bicyclic) bond motifs is 2. The summed E-state index contributed by atoms with van der Waals surface area (Å²) in [4.78, 5) is 14.0. The van der Waals surface area contributed by atoms with Gasteiger partial charge in [0.05, 0.1) is 11.6 Å². The molecule has 5 nitrogen and oxygen atoms in total. The Bertz CT molecular complexity index is 799. The molecule has 150 valence electrons. The van der Waals surface area contributed by atoms with Crippen LogP contribution in [0, 0.1) is 17.2 Å². The highest BCUT2D eigenvalue weighted by atomic mass is 16.6. The summed E-state index contributed by atoms with van der Waals surface area (Å²) >= 11 is 0. The van der Waals surface area contributed by atoms with Crippen molar-refractivity contribution < 1.29 is 9.53 Å². The molecule has 2 unspecified atom stereocenters. The highest BCUT2D eigenvalue weighted by Crippen LogP contribution is 2.57. The summed E-state index contributed by atoms with van der Waals surface area (Å²) in [6, 6.07) is 9.02. The van der Waals surface area contributed by atoms with Crippen LogP contribution in [-0.2, 0) is 16.6 Å². The molecule has 0 aromatic heterocycles. The maximum atomic E-state index is 12.2. The van der Waals surface area contributed by atoms with Crippen molar-refractivity contribution in [3.05, 3.63) is 34.9 Å². The molecule has 0 radical (unpaired) electrons. The fraction of sp³-hybridized carbons (Fsp3) is 0.652. The van der Waals surface area contributed by atoms with Crippen LogP contribution in [0.5, 0.6) is 0 Å². The van der Waals surface area contributed by atoms with Crippen molar-refractivity contribution in [2.24, 2.45) is 5.92 Å². The van der Waals surface area contributed by atoms with Crippen LogP contribution in [-0.4, -0.2) is 42.3 Å². The summed E-state index contributed by atoms with van der Waals surface area (Å²) in [5, 5.41) is 13.0. The first kappa shape index (κ1) is 19.3. The predicted molar refractivity (Wildman–Crippen MR) is 108 cm³/mol. The molecule has 28 heavy (non-hydrogen) atoms. The topological polar surface area (TPSA) is 65.4 Å². The van der Waals surface area contributed by atoms with Gasteiger partial charge in [0.2, 0.25) is 0 Å². The summed E-state index contributed by atoms with van der Waals surface area (Å²) in [6.07, 6.45) is 5.39. The lowest BCUT2D eigenvalue weighted by atomic mass is 9.94. The minimum atomic E-state index is -0.432. The van der Waals surface area contributed by atoms with Gasteiger partial charge in [0.1, 0.15) is 5.60 Å². The third kappa shape index (κ3) is 3.75. The molecule has 1 saturated heterocycles. The van der Waals surface area contributed by atoms with Crippen LogP contribution in [0.25, 0.3) is 0 Å². The monoisotopic (exact) mass is 381 g/mol. The molecule has 1 heterocycles. The summed E-state index contributed by atoms with van der Waals surface area (Å²) in [6.45, 7) is 8.31. The molecule has 1 aliphatic heterocycles. The Morgan fingerprint density at radius 1 is 1.36 bits per heavy atom. The fourth-order valence-electron chi connectivity index (χ4n) is 4.92.